The van der Waals surface area contributed by atoms with Crippen molar-refractivity contribution in [3.63, 3.8) is 0 Å². The Morgan fingerprint density at radius 1 is 0.912 bits per heavy atom. The number of nitrogens with zero attached hydrogens (tertiary/aromatic N) is 2. The molecular formula is C26H29N3O4S. The third-order valence-electron chi connectivity index (χ3n) is 5.74. The molecule has 1 aliphatic rings. The number of sulfonamides is 1. The van der Waals surface area contributed by atoms with Gasteiger partial charge < -0.3 is 10.1 Å². The summed E-state index contributed by atoms with van der Waals surface area (Å²) < 4.78 is 33.4. The number of carbonyl (C=O) groups excluding carboxylic acids is 1. The first-order chi connectivity index (χ1) is 16.5. The van der Waals surface area contributed by atoms with E-state index in [1.807, 2.05) is 25.1 Å². The zero-order chi connectivity index (χ0) is 24.0. The summed E-state index contributed by atoms with van der Waals surface area (Å²) in [6.07, 6.45) is 0. The molecule has 1 amide bonds. The van der Waals surface area contributed by atoms with Gasteiger partial charge in [-0.2, -0.15) is 4.31 Å². The van der Waals surface area contributed by atoms with Crippen molar-refractivity contribution in [1.82, 2.24) is 9.21 Å². The van der Waals surface area contributed by atoms with Crippen LogP contribution in [-0.2, 0) is 16.6 Å². The van der Waals surface area contributed by atoms with Crippen molar-refractivity contribution in [2.75, 3.05) is 38.1 Å². The molecule has 1 saturated heterocycles. The van der Waals surface area contributed by atoms with Gasteiger partial charge in [0, 0.05) is 44.0 Å². The Kier molecular flexibility index (Phi) is 7.62. The number of ether oxygens (including phenoxy) is 1. The van der Waals surface area contributed by atoms with Gasteiger partial charge in [-0.05, 0) is 55.0 Å². The van der Waals surface area contributed by atoms with Crippen molar-refractivity contribution in [3.8, 4) is 5.75 Å². The van der Waals surface area contributed by atoms with Crippen molar-refractivity contribution in [3.05, 3.63) is 90.0 Å². The number of hydrogen-bond acceptors (Lipinski definition) is 5. The number of hydrogen-bond donors (Lipinski definition) is 1. The second-order valence-electron chi connectivity index (χ2n) is 8.11. The molecule has 34 heavy (non-hydrogen) atoms. The van der Waals surface area contributed by atoms with Crippen molar-refractivity contribution in [1.29, 1.82) is 0 Å². The molecule has 178 valence electrons. The smallest absolute Gasteiger partial charge is 0.255 e. The Bertz CT molecular complexity index is 1210. The lowest BCUT2D eigenvalue weighted by Gasteiger charge is -2.34. The minimum atomic E-state index is -3.69. The molecule has 0 aromatic heterocycles. The van der Waals surface area contributed by atoms with E-state index < -0.39 is 10.0 Å². The van der Waals surface area contributed by atoms with Gasteiger partial charge in [0.05, 0.1) is 11.5 Å². The third kappa shape index (κ3) is 5.83. The van der Waals surface area contributed by atoms with Crippen LogP contribution in [0.3, 0.4) is 0 Å². The number of benzene rings is 3. The van der Waals surface area contributed by atoms with Gasteiger partial charge >= 0.3 is 0 Å². The minimum absolute atomic E-state index is 0.128. The summed E-state index contributed by atoms with van der Waals surface area (Å²) >= 11 is 0. The molecule has 3 aromatic rings. The van der Waals surface area contributed by atoms with E-state index in [9.17, 15) is 13.2 Å². The van der Waals surface area contributed by atoms with E-state index in [0.717, 1.165) is 12.3 Å². The molecule has 0 saturated carbocycles. The Morgan fingerprint density at radius 3 is 2.29 bits per heavy atom. The monoisotopic (exact) mass is 479 g/mol. The number of carbonyl (C=O) groups is 1. The van der Waals surface area contributed by atoms with Crippen molar-refractivity contribution < 1.29 is 17.9 Å². The van der Waals surface area contributed by atoms with Gasteiger partial charge in [0.25, 0.3) is 5.91 Å². The molecule has 0 aliphatic carbocycles. The summed E-state index contributed by atoms with van der Waals surface area (Å²) in [6, 6.07) is 23.4. The molecule has 0 bridgehead atoms. The van der Waals surface area contributed by atoms with Gasteiger partial charge in [-0.25, -0.2) is 8.42 Å². The molecule has 0 atom stereocenters. The van der Waals surface area contributed by atoms with E-state index in [2.05, 4.69) is 22.3 Å². The molecule has 0 radical (unpaired) electrons. The number of amides is 1. The molecule has 1 fully saturated rings. The molecule has 4 rings (SSSR count). The second-order valence-corrected chi connectivity index (χ2v) is 10.0. The van der Waals surface area contributed by atoms with Gasteiger partial charge in [-0.15, -0.1) is 0 Å². The van der Waals surface area contributed by atoms with Crippen LogP contribution in [0.15, 0.2) is 83.8 Å². The predicted molar refractivity (Wildman–Crippen MR) is 132 cm³/mol. The highest BCUT2D eigenvalue weighted by Crippen LogP contribution is 2.21. The maximum absolute atomic E-state index is 13.2. The van der Waals surface area contributed by atoms with Gasteiger partial charge in [0.15, 0.2) is 0 Å². The highest BCUT2D eigenvalue weighted by Gasteiger charge is 2.29. The molecule has 1 aliphatic heterocycles. The average molecular weight is 480 g/mol. The number of anilines is 1. The van der Waals surface area contributed by atoms with Crippen LogP contribution < -0.4 is 10.1 Å². The van der Waals surface area contributed by atoms with E-state index >= 15 is 0 Å². The quantitative estimate of drug-likeness (QED) is 0.531. The molecular weight excluding hydrogens is 450 g/mol. The van der Waals surface area contributed by atoms with Crippen LogP contribution in [0.2, 0.25) is 0 Å². The van der Waals surface area contributed by atoms with E-state index in [-0.39, 0.29) is 16.4 Å². The van der Waals surface area contributed by atoms with Crippen molar-refractivity contribution >= 4 is 21.6 Å². The number of rotatable bonds is 8. The largest absolute Gasteiger partial charge is 0.494 e. The third-order valence-corrected chi connectivity index (χ3v) is 7.63. The molecule has 1 heterocycles. The van der Waals surface area contributed by atoms with Gasteiger partial charge in [0.2, 0.25) is 10.0 Å². The van der Waals surface area contributed by atoms with Crippen LogP contribution in [0.25, 0.3) is 0 Å². The van der Waals surface area contributed by atoms with E-state index in [0.29, 0.717) is 38.5 Å². The summed E-state index contributed by atoms with van der Waals surface area (Å²) in [5.41, 5.74) is 2.11. The summed E-state index contributed by atoms with van der Waals surface area (Å²) in [5, 5.41) is 2.81. The summed E-state index contributed by atoms with van der Waals surface area (Å²) in [4.78, 5) is 15.1. The molecule has 1 N–H and O–H groups in total. The van der Waals surface area contributed by atoms with Crippen LogP contribution in [-0.4, -0.2) is 56.3 Å². The van der Waals surface area contributed by atoms with Crippen molar-refractivity contribution in [2.24, 2.45) is 0 Å². The Hall–Kier alpha value is -3.20. The fraction of sp³-hybridized carbons (Fsp3) is 0.269. The maximum Gasteiger partial charge on any atom is 0.255 e. The molecule has 0 unspecified atom stereocenters. The zero-order valence-electron chi connectivity index (χ0n) is 19.2. The number of nitrogens with one attached hydrogen (secondary N) is 1. The average Bonchev–Trinajstić information content (AvgIpc) is 2.86. The first-order valence-corrected chi connectivity index (χ1v) is 12.8. The fourth-order valence-corrected chi connectivity index (χ4v) is 5.39. The normalized spacial score (nSPS) is 15.1. The standard InChI is InChI=1S/C26H29N3O4S/c1-2-33-24-13-11-23(12-14-24)27-26(30)22-9-6-10-25(19-22)34(31,32)29-17-15-28(16-18-29)20-21-7-4-3-5-8-21/h3-14,19H,2,15-18,20H2,1H3,(H,27,30). The van der Waals surface area contributed by atoms with Crippen LogP contribution in [0, 0.1) is 0 Å². The molecule has 3 aromatic carbocycles. The van der Waals surface area contributed by atoms with Crippen molar-refractivity contribution in [2.45, 2.75) is 18.4 Å². The van der Waals surface area contributed by atoms with Gasteiger partial charge in [0.1, 0.15) is 5.75 Å². The lowest BCUT2D eigenvalue weighted by molar-refractivity contribution is 0.102. The van der Waals surface area contributed by atoms with E-state index in [4.69, 9.17) is 4.74 Å². The molecule has 0 spiro atoms. The highest BCUT2D eigenvalue weighted by atomic mass is 32.2. The first kappa shape index (κ1) is 23.9. The topological polar surface area (TPSA) is 78.9 Å². The Labute approximate surface area is 201 Å². The van der Waals surface area contributed by atoms with E-state index in [1.165, 1.54) is 15.9 Å². The highest BCUT2D eigenvalue weighted by molar-refractivity contribution is 7.89. The van der Waals surface area contributed by atoms with Crippen LogP contribution in [0.1, 0.15) is 22.8 Å². The maximum atomic E-state index is 13.2. The van der Waals surface area contributed by atoms with Gasteiger partial charge in [-0.3, -0.25) is 9.69 Å². The lowest BCUT2D eigenvalue weighted by Crippen LogP contribution is -2.48. The van der Waals surface area contributed by atoms with E-state index in [1.54, 1.807) is 42.5 Å². The molecule has 8 heteroatoms. The summed E-state index contributed by atoms with van der Waals surface area (Å²) in [5.74, 6) is 0.353. The van der Waals surface area contributed by atoms with Crippen LogP contribution >= 0.6 is 0 Å². The Morgan fingerprint density at radius 2 is 1.62 bits per heavy atom. The van der Waals surface area contributed by atoms with Crippen LogP contribution in [0.5, 0.6) is 5.75 Å². The fourth-order valence-electron chi connectivity index (χ4n) is 3.92. The summed E-state index contributed by atoms with van der Waals surface area (Å²) in [6.45, 7) is 5.42. The Balaban J connectivity index is 1.39. The van der Waals surface area contributed by atoms with Crippen LogP contribution in [0.4, 0.5) is 5.69 Å². The number of piperazine rings is 1. The first-order valence-electron chi connectivity index (χ1n) is 11.4. The zero-order valence-corrected chi connectivity index (χ0v) is 20.0. The lowest BCUT2D eigenvalue weighted by atomic mass is 10.2. The predicted octanol–water partition coefficient (Wildman–Crippen LogP) is 3.84. The van der Waals surface area contributed by atoms with Gasteiger partial charge in [-0.1, -0.05) is 36.4 Å². The molecule has 7 nitrogen and oxygen atoms in total. The summed E-state index contributed by atoms with van der Waals surface area (Å²) in [7, 11) is -3.69. The SMILES string of the molecule is CCOc1ccc(NC(=O)c2cccc(S(=O)(=O)N3CCN(Cc4ccccc4)CC3)c2)cc1. The minimum Gasteiger partial charge on any atom is -0.494 e. The second kappa shape index (κ2) is 10.8.